The zero-order chi connectivity index (χ0) is 0. The monoisotopic (exact) mass is 211 g/mol. The standard InChI is InChI=1S/Fe.Mg.Mo.H3Si.2H/h;;;1H3;;/q;+2;;;2*-1. The first-order chi connectivity index (χ1) is 0. The Morgan fingerprint density at radius 1 is 1.25 bits per heavy atom. The molecule has 0 saturated carbocycles. The molecule has 0 N–H and O–H groups in total. The number of hydrogen-bond acceptors (Lipinski definition) is 0. The molecule has 0 spiro atoms. The van der Waals surface area contributed by atoms with Gasteiger partial charge in [0.05, 0.1) is 0 Å². The van der Waals surface area contributed by atoms with E-state index in [0.29, 0.717) is 0 Å². The van der Waals surface area contributed by atoms with Crippen LogP contribution in [0.5, 0.6) is 0 Å². The molecule has 1 radical (unpaired) electrons. The van der Waals surface area contributed by atoms with Crippen molar-refractivity contribution < 1.29 is 41.0 Å². The van der Waals surface area contributed by atoms with E-state index in [9.17, 15) is 0 Å². The molecule has 0 rings (SSSR count). The largest absolute Gasteiger partial charge is 2.00 e. The molecule has 0 saturated heterocycles. The summed E-state index contributed by atoms with van der Waals surface area (Å²) in [6, 6.07) is 0. The van der Waals surface area contributed by atoms with Crippen LogP contribution in [0.15, 0.2) is 0 Å². The maximum absolute atomic E-state index is 0. The van der Waals surface area contributed by atoms with Gasteiger partial charge < -0.3 is 2.85 Å². The third-order valence-electron chi connectivity index (χ3n) is 0. The van der Waals surface area contributed by atoms with Crippen LogP contribution in [0.2, 0.25) is 0 Å². The van der Waals surface area contributed by atoms with E-state index in [1.54, 1.807) is 0 Å². The maximum atomic E-state index is 0. The molecule has 0 fully saturated rings. The van der Waals surface area contributed by atoms with Gasteiger partial charge in [-0.15, -0.1) is 0 Å². The average Bonchev–Trinajstić information content (AvgIpc) is 0. The Morgan fingerprint density at radius 3 is 1.25 bits per heavy atom. The Labute approximate surface area is 74.4 Å². The van der Waals surface area contributed by atoms with Gasteiger partial charge in [0.15, 0.2) is 0 Å². The molecule has 0 aliphatic rings. The fourth-order valence-electron chi connectivity index (χ4n) is 0. The summed E-state index contributed by atoms with van der Waals surface area (Å²) < 4.78 is 0. The summed E-state index contributed by atoms with van der Waals surface area (Å²) in [5, 5.41) is 0. The fraction of sp³-hybridized carbons (Fsp3) is 0. The van der Waals surface area contributed by atoms with Crippen molar-refractivity contribution in [2.24, 2.45) is 0 Å². The van der Waals surface area contributed by atoms with Crippen LogP contribution < -0.4 is 0 Å². The van der Waals surface area contributed by atoms with Crippen LogP contribution in [0.25, 0.3) is 0 Å². The topological polar surface area (TPSA) is 0 Å². The van der Waals surface area contributed by atoms with E-state index < -0.39 is 0 Å². The zero-order valence-corrected chi connectivity index (χ0v) is 8.99. The number of rotatable bonds is 0. The maximum Gasteiger partial charge on any atom is 2.00 e. The summed E-state index contributed by atoms with van der Waals surface area (Å²) >= 11 is 0. The Hall–Kier alpha value is 2.19. The third kappa shape index (κ3) is 8.89. The van der Waals surface area contributed by atoms with Crippen molar-refractivity contribution in [3.8, 4) is 0 Å². The molecule has 0 nitrogen and oxygen atoms in total. The third-order valence-corrected chi connectivity index (χ3v) is 0. The Morgan fingerprint density at radius 2 is 1.25 bits per heavy atom. The minimum atomic E-state index is 0. The molecule has 0 bridgehead atoms. The molecule has 25 valence electrons. The first-order valence-electron chi connectivity index (χ1n) is 0. The fourth-order valence-corrected chi connectivity index (χ4v) is 0. The van der Waals surface area contributed by atoms with Gasteiger partial charge in [0, 0.05) is 38.1 Å². The van der Waals surface area contributed by atoms with Gasteiger partial charge in [0.25, 0.3) is 0 Å². The average molecular weight is 209 g/mol. The summed E-state index contributed by atoms with van der Waals surface area (Å²) in [6.45, 7) is 0. The van der Waals surface area contributed by atoms with E-state index in [2.05, 4.69) is 0 Å². The smallest absolute Gasteiger partial charge is 1.00 e. The molecule has 0 aromatic heterocycles. The van der Waals surface area contributed by atoms with Gasteiger partial charge in [-0.25, -0.2) is 0 Å². The normalized spacial score (nSPS) is 0. The van der Waals surface area contributed by atoms with Crippen molar-refractivity contribution in [2.45, 2.75) is 0 Å². The predicted molar refractivity (Wildman–Crippen MR) is 17.9 cm³/mol. The van der Waals surface area contributed by atoms with Crippen molar-refractivity contribution in [3.05, 3.63) is 0 Å². The van der Waals surface area contributed by atoms with Gasteiger partial charge in [0.1, 0.15) is 0 Å². The molecule has 4 heteroatoms. The minimum Gasteiger partial charge on any atom is -1.00 e. The summed E-state index contributed by atoms with van der Waals surface area (Å²) in [7, 11) is 0. The quantitative estimate of drug-likeness (QED) is 0.433. The van der Waals surface area contributed by atoms with E-state index in [-0.39, 0.29) is 75.0 Å². The summed E-state index contributed by atoms with van der Waals surface area (Å²) in [5.41, 5.74) is 0. The van der Waals surface area contributed by atoms with Crippen molar-refractivity contribution in [1.29, 1.82) is 0 Å². The van der Waals surface area contributed by atoms with Crippen molar-refractivity contribution in [3.63, 3.8) is 0 Å². The van der Waals surface area contributed by atoms with Crippen LogP contribution in [0.4, 0.5) is 0 Å². The molecule has 0 unspecified atom stereocenters. The van der Waals surface area contributed by atoms with Crippen molar-refractivity contribution in [2.75, 3.05) is 0 Å². The van der Waals surface area contributed by atoms with Gasteiger partial charge in [-0.1, -0.05) is 0 Å². The zero-order valence-electron chi connectivity index (χ0n) is 4.47. The molecule has 0 atom stereocenters. The minimum absolute atomic E-state index is 0. The molecule has 0 aromatic carbocycles. The number of hydrogen-bond donors (Lipinski definition) is 0. The van der Waals surface area contributed by atoms with E-state index in [1.807, 2.05) is 0 Å². The first-order valence-corrected chi connectivity index (χ1v) is 0. The summed E-state index contributed by atoms with van der Waals surface area (Å²) in [4.78, 5) is 0. The molecule has 4 heavy (non-hydrogen) atoms. The van der Waals surface area contributed by atoms with Gasteiger partial charge >= 0.3 is 23.1 Å². The first kappa shape index (κ1) is 34.8. The Bertz CT molecular complexity index is 13.5. The van der Waals surface area contributed by atoms with Gasteiger partial charge in [-0.05, 0) is 11.0 Å². The van der Waals surface area contributed by atoms with Crippen LogP contribution in [0.1, 0.15) is 2.85 Å². The van der Waals surface area contributed by atoms with Crippen LogP contribution in [0, 0.1) is 0 Å². The Kier molecular flexibility index (Phi) is 165. The van der Waals surface area contributed by atoms with E-state index in [1.165, 1.54) is 0 Å². The summed E-state index contributed by atoms with van der Waals surface area (Å²) in [5.74, 6) is 0. The van der Waals surface area contributed by atoms with Crippen LogP contribution >= 0.6 is 0 Å². The van der Waals surface area contributed by atoms with E-state index >= 15 is 0 Å². The molecule has 0 aliphatic carbocycles. The van der Waals surface area contributed by atoms with Gasteiger partial charge in [0.2, 0.25) is 0 Å². The van der Waals surface area contributed by atoms with Gasteiger partial charge in [-0.2, -0.15) is 0 Å². The second-order valence-corrected chi connectivity index (χ2v) is 0. The second kappa shape index (κ2) is 19.0. The van der Waals surface area contributed by atoms with Crippen molar-refractivity contribution in [1.82, 2.24) is 0 Å². The second-order valence-electron chi connectivity index (χ2n) is 0. The molecule has 0 aromatic rings. The van der Waals surface area contributed by atoms with Crippen molar-refractivity contribution >= 4 is 34.0 Å². The predicted octanol–water partition coefficient (Wildman–Crippen LogP) is -1.34. The molecule has 0 heterocycles. The Balaban J connectivity index is 0. The molecular formula is H5FeMgMoSi. The molecule has 0 amide bonds. The van der Waals surface area contributed by atoms with Gasteiger partial charge in [-0.3, -0.25) is 0 Å². The van der Waals surface area contributed by atoms with Crippen LogP contribution in [-0.4, -0.2) is 34.0 Å². The summed E-state index contributed by atoms with van der Waals surface area (Å²) in [6.07, 6.45) is 0. The van der Waals surface area contributed by atoms with Crippen LogP contribution in [0.3, 0.4) is 0 Å². The van der Waals surface area contributed by atoms with Crippen LogP contribution in [-0.2, 0) is 38.1 Å². The molecule has 0 aliphatic heterocycles. The SMILES string of the molecule is [Fe].[H-].[H-].[Mg+2].[Mo].[SiH3]. The van der Waals surface area contributed by atoms with E-state index in [4.69, 9.17) is 0 Å². The molecular weight excluding hydrogens is 204 g/mol. The van der Waals surface area contributed by atoms with E-state index in [0.717, 1.165) is 0 Å².